The number of aromatic nitrogens is 3. The molecule has 8 heteroatoms. The van der Waals surface area contributed by atoms with Crippen molar-refractivity contribution in [1.29, 1.82) is 0 Å². The summed E-state index contributed by atoms with van der Waals surface area (Å²) >= 11 is 0. The normalized spacial score (nSPS) is 18.3. The molecule has 1 aromatic heterocycles. The zero-order valence-electron chi connectivity index (χ0n) is 14.6. The van der Waals surface area contributed by atoms with Gasteiger partial charge in [0.25, 0.3) is 5.91 Å². The van der Waals surface area contributed by atoms with Crippen LogP contribution in [0.25, 0.3) is 0 Å². The summed E-state index contributed by atoms with van der Waals surface area (Å²) < 4.78 is 7.67. The minimum absolute atomic E-state index is 0.121. The molecule has 0 saturated carbocycles. The van der Waals surface area contributed by atoms with Crippen LogP contribution in [0.3, 0.4) is 0 Å². The number of nitrogens with one attached hydrogen (secondary N) is 1. The lowest BCUT2D eigenvalue weighted by Crippen LogP contribution is -2.45. The van der Waals surface area contributed by atoms with Crippen LogP contribution >= 0.6 is 0 Å². The van der Waals surface area contributed by atoms with Crippen molar-refractivity contribution < 1.29 is 14.3 Å². The third-order valence-electron chi connectivity index (χ3n) is 4.77. The fourth-order valence-electron chi connectivity index (χ4n) is 3.41. The van der Waals surface area contributed by atoms with E-state index in [0.717, 1.165) is 31.0 Å². The molecule has 4 rings (SSSR count). The van der Waals surface area contributed by atoms with Crippen LogP contribution in [0.4, 0.5) is 5.69 Å². The number of aryl methyl sites for hydroxylation is 1. The number of rotatable bonds is 5. The Morgan fingerprint density at radius 3 is 3.08 bits per heavy atom. The molecule has 0 bridgehead atoms. The van der Waals surface area contributed by atoms with E-state index in [1.165, 1.54) is 0 Å². The largest absolute Gasteiger partial charge is 0.479 e. The molecule has 1 aromatic carbocycles. The number of benzene rings is 1. The van der Waals surface area contributed by atoms with Gasteiger partial charge in [0.1, 0.15) is 11.6 Å². The molecule has 1 atom stereocenters. The molecule has 2 aliphatic rings. The first-order chi connectivity index (χ1) is 12.6. The molecule has 8 nitrogen and oxygen atoms in total. The molecule has 0 spiro atoms. The molecule has 0 saturated heterocycles. The van der Waals surface area contributed by atoms with Crippen molar-refractivity contribution in [3.05, 3.63) is 35.9 Å². The van der Waals surface area contributed by atoms with Gasteiger partial charge in [-0.25, -0.2) is 0 Å². The standard InChI is InChI=1S/C18H21N5O3/c1-12-18(25)22(13-5-2-3-6-14(13)26-12)10-8-17(24)19-11-16-21-20-15-7-4-9-23(15)16/h2-3,5-6,12H,4,7-11H2,1H3,(H,19,24)/t12-/m1/s1. The number of carbonyl (C=O) groups excluding carboxylic acids is 2. The topological polar surface area (TPSA) is 89.3 Å². The van der Waals surface area contributed by atoms with E-state index in [9.17, 15) is 9.59 Å². The van der Waals surface area contributed by atoms with Gasteiger partial charge in [0.15, 0.2) is 11.9 Å². The SMILES string of the molecule is C[C@H]1Oc2ccccc2N(CCC(=O)NCc2nnc3n2CCC3)C1=O. The maximum atomic E-state index is 12.4. The lowest BCUT2D eigenvalue weighted by Gasteiger charge is -2.32. The predicted molar refractivity (Wildman–Crippen MR) is 93.7 cm³/mol. The summed E-state index contributed by atoms with van der Waals surface area (Å²) in [6.07, 6.45) is 1.68. The van der Waals surface area contributed by atoms with Crippen LogP contribution in [-0.2, 0) is 29.1 Å². The minimum Gasteiger partial charge on any atom is -0.479 e. The molecule has 2 aliphatic heterocycles. The Morgan fingerprint density at radius 1 is 1.35 bits per heavy atom. The maximum Gasteiger partial charge on any atom is 0.267 e. The average molecular weight is 355 g/mol. The first-order valence-corrected chi connectivity index (χ1v) is 8.88. The number of hydrogen-bond acceptors (Lipinski definition) is 5. The summed E-state index contributed by atoms with van der Waals surface area (Å²) in [4.78, 5) is 26.3. The summed E-state index contributed by atoms with van der Waals surface area (Å²) in [5, 5.41) is 11.1. The zero-order valence-corrected chi connectivity index (χ0v) is 14.6. The van der Waals surface area contributed by atoms with Crippen molar-refractivity contribution in [2.75, 3.05) is 11.4 Å². The summed E-state index contributed by atoms with van der Waals surface area (Å²) in [5.74, 6) is 2.18. The lowest BCUT2D eigenvalue weighted by molar-refractivity contribution is -0.125. The molecule has 0 aliphatic carbocycles. The molecule has 2 amide bonds. The smallest absolute Gasteiger partial charge is 0.267 e. The van der Waals surface area contributed by atoms with Crippen molar-refractivity contribution in [3.63, 3.8) is 0 Å². The number of nitrogens with zero attached hydrogens (tertiary/aromatic N) is 4. The van der Waals surface area contributed by atoms with Gasteiger partial charge >= 0.3 is 0 Å². The van der Waals surface area contributed by atoms with Gasteiger partial charge in [0.2, 0.25) is 5.91 Å². The molecular weight excluding hydrogens is 334 g/mol. The molecule has 0 unspecified atom stereocenters. The highest BCUT2D eigenvalue weighted by atomic mass is 16.5. The Labute approximate surface area is 151 Å². The summed E-state index contributed by atoms with van der Waals surface area (Å²) in [7, 11) is 0. The Morgan fingerprint density at radius 2 is 2.19 bits per heavy atom. The highest BCUT2D eigenvalue weighted by molar-refractivity contribution is 6.00. The summed E-state index contributed by atoms with van der Waals surface area (Å²) in [6, 6.07) is 7.38. The van der Waals surface area contributed by atoms with E-state index in [-0.39, 0.29) is 18.2 Å². The van der Waals surface area contributed by atoms with Crippen molar-refractivity contribution in [2.45, 2.75) is 45.4 Å². The van der Waals surface area contributed by atoms with Crippen molar-refractivity contribution in [1.82, 2.24) is 20.1 Å². The third kappa shape index (κ3) is 3.02. The predicted octanol–water partition coefficient (Wildman–Crippen LogP) is 1.04. The van der Waals surface area contributed by atoms with Gasteiger partial charge in [-0.15, -0.1) is 10.2 Å². The molecule has 0 fully saturated rings. The van der Waals surface area contributed by atoms with Gasteiger partial charge in [-0.2, -0.15) is 0 Å². The Bertz CT molecular complexity index is 847. The highest BCUT2D eigenvalue weighted by Gasteiger charge is 2.31. The highest BCUT2D eigenvalue weighted by Crippen LogP contribution is 2.33. The molecular formula is C18H21N5O3. The monoisotopic (exact) mass is 355 g/mol. The Kier molecular flexibility index (Phi) is 4.32. The Hall–Kier alpha value is -2.90. The van der Waals surface area contributed by atoms with Crippen LogP contribution in [0.1, 0.15) is 31.4 Å². The van der Waals surface area contributed by atoms with Crippen LogP contribution in [0.15, 0.2) is 24.3 Å². The number of anilines is 1. The zero-order chi connectivity index (χ0) is 18.1. The molecule has 26 heavy (non-hydrogen) atoms. The van der Waals surface area contributed by atoms with E-state index in [1.54, 1.807) is 11.8 Å². The van der Waals surface area contributed by atoms with Crippen LogP contribution in [0, 0.1) is 0 Å². The van der Waals surface area contributed by atoms with Gasteiger partial charge in [-0.05, 0) is 25.5 Å². The maximum absolute atomic E-state index is 12.4. The number of carbonyl (C=O) groups is 2. The van der Waals surface area contributed by atoms with E-state index in [2.05, 4.69) is 20.1 Å². The molecule has 2 aromatic rings. The first-order valence-electron chi connectivity index (χ1n) is 8.88. The van der Waals surface area contributed by atoms with Crippen LogP contribution in [-0.4, -0.2) is 39.2 Å². The number of amides is 2. The van der Waals surface area contributed by atoms with Gasteiger partial charge in [-0.1, -0.05) is 12.1 Å². The van der Waals surface area contributed by atoms with Gasteiger partial charge in [0, 0.05) is 25.9 Å². The van der Waals surface area contributed by atoms with Gasteiger partial charge in [0.05, 0.1) is 12.2 Å². The van der Waals surface area contributed by atoms with Gasteiger partial charge < -0.3 is 19.5 Å². The molecule has 0 radical (unpaired) electrons. The molecule has 3 heterocycles. The van der Waals surface area contributed by atoms with E-state index in [4.69, 9.17) is 4.74 Å². The molecule has 136 valence electrons. The van der Waals surface area contributed by atoms with Crippen molar-refractivity contribution >= 4 is 17.5 Å². The number of hydrogen-bond donors (Lipinski definition) is 1. The second-order valence-corrected chi connectivity index (χ2v) is 6.53. The van der Waals surface area contributed by atoms with E-state index < -0.39 is 6.10 Å². The van der Waals surface area contributed by atoms with Gasteiger partial charge in [-0.3, -0.25) is 9.59 Å². The van der Waals surface area contributed by atoms with Crippen molar-refractivity contribution in [2.24, 2.45) is 0 Å². The van der Waals surface area contributed by atoms with Crippen molar-refractivity contribution in [3.8, 4) is 5.75 Å². The fourth-order valence-corrected chi connectivity index (χ4v) is 3.41. The number of ether oxygens (including phenoxy) is 1. The lowest BCUT2D eigenvalue weighted by atomic mass is 10.1. The Balaban J connectivity index is 1.36. The van der Waals surface area contributed by atoms with E-state index in [0.29, 0.717) is 24.5 Å². The summed E-state index contributed by atoms with van der Waals surface area (Å²) in [6.45, 7) is 3.30. The fraction of sp³-hybridized carbons (Fsp3) is 0.444. The van der Waals surface area contributed by atoms with Crippen LogP contribution in [0.2, 0.25) is 0 Å². The van der Waals surface area contributed by atoms with Crippen LogP contribution < -0.4 is 15.0 Å². The first kappa shape index (κ1) is 16.6. The summed E-state index contributed by atoms with van der Waals surface area (Å²) in [5.41, 5.74) is 0.707. The third-order valence-corrected chi connectivity index (χ3v) is 4.77. The average Bonchev–Trinajstić information content (AvgIpc) is 3.24. The van der Waals surface area contributed by atoms with E-state index >= 15 is 0 Å². The number of fused-ring (bicyclic) bond motifs is 2. The second-order valence-electron chi connectivity index (χ2n) is 6.53. The minimum atomic E-state index is -0.549. The molecule has 1 N–H and O–H groups in total. The number of para-hydroxylation sites is 2. The van der Waals surface area contributed by atoms with E-state index in [1.807, 2.05) is 24.3 Å². The second kappa shape index (κ2) is 6.78. The van der Waals surface area contributed by atoms with Crippen LogP contribution in [0.5, 0.6) is 5.75 Å². The quantitative estimate of drug-likeness (QED) is 0.866.